The number of carbonyl (C=O) groups excluding carboxylic acids is 1. The molecule has 0 rings (SSSR count). The van der Waals surface area contributed by atoms with Crippen LogP contribution in [0.4, 0.5) is 0 Å². The molecule has 0 spiro atoms. The van der Waals surface area contributed by atoms with Crippen LogP contribution in [0.2, 0.25) is 0 Å². The molecule has 4 N–H and O–H groups in total. The summed E-state index contributed by atoms with van der Waals surface area (Å²) in [6.07, 6.45) is 13.5. The number of esters is 1. The number of rotatable bonds is 23. The van der Waals surface area contributed by atoms with Crippen molar-refractivity contribution < 1.29 is 43.4 Å². The number of carbonyl (C=O) groups is 1. The van der Waals surface area contributed by atoms with E-state index in [9.17, 15) is 19.4 Å². The van der Waals surface area contributed by atoms with Gasteiger partial charge in [-0.1, -0.05) is 84.0 Å². The third-order valence-electron chi connectivity index (χ3n) is 5.05. The molecule has 0 amide bonds. The molecule has 0 aromatic carbocycles. The largest absolute Gasteiger partial charge is 0.472 e. The molecule has 32 heavy (non-hydrogen) atoms. The summed E-state index contributed by atoms with van der Waals surface area (Å²) in [5.41, 5.74) is 0. The van der Waals surface area contributed by atoms with Crippen LogP contribution in [-0.2, 0) is 23.1 Å². The third-order valence-corrected chi connectivity index (χ3v) is 6.00. The van der Waals surface area contributed by atoms with Gasteiger partial charge in [0, 0.05) is 6.42 Å². The predicted octanol–water partition coefficient (Wildman–Crippen LogP) is 3.86. The number of phosphoric ester groups is 1. The van der Waals surface area contributed by atoms with Gasteiger partial charge in [-0.3, -0.25) is 13.8 Å². The average molecular weight is 485 g/mol. The Kier molecular flexibility index (Phi) is 20.7. The predicted molar refractivity (Wildman–Crippen MR) is 122 cm³/mol. The van der Waals surface area contributed by atoms with Gasteiger partial charge < -0.3 is 24.9 Å². The van der Waals surface area contributed by atoms with Crippen molar-refractivity contribution in [2.45, 2.75) is 109 Å². The van der Waals surface area contributed by atoms with Crippen molar-refractivity contribution in [3.8, 4) is 0 Å². The number of hydrogen-bond acceptors (Lipinski definition) is 8. The molecule has 192 valence electrons. The Balaban J connectivity index is 3.71. The molecule has 0 saturated heterocycles. The van der Waals surface area contributed by atoms with Crippen LogP contribution >= 0.6 is 7.82 Å². The second kappa shape index (κ2) is 21.0. The zero-order valence-corrected chi connectivity index (χ0v) is 20.6. The van der Waals surface area contributed by atoms with Gasteiger partial charge in [-0.05, 0) is 6.42 Å². The zero-order chi connectivity index (χ0) is 24.1. The fourth-order valence-electron chi connectivity index (χ4n) is 3.10. The standard InChI is InChI=1S/C22H45O9P/c1-2-3-4-5-6-7-8-9-10-11-12-13-14-15-22(26)31-21(17-24)19-30-32(27,28)29-18-20(25)16-23/h20-21,23-25H,2-19H2,1H3,(H,27,28). The SMILES string of the molecule is CCCCCCCCCCCCCCCC(=O)OC(CO)COP(=O)(O)OCC(O)CO. The zero-order valence-electron chi connectivity index (χ0n) is 19.7. The van der Waals surface area contributed by atoms with E-state index in [1.54, 1.807) is 0 Å². The summed E-state index contributed by atoms with van der Waals surface area (Å²) in [6, 6.07) is 0. The van der Waals surface area contributed by atoms with Crippen LogP contribution in [-0.4, -0.2) is 64.8 Å². The number of ether oxygens (including phenoxy) is 1. The summed E-state index contributed by atoms with van der Waals surface area (Å²) in [7, 11) is -4.49. The van der Waals surface area contributed by atoms with Gasteiger partial charge in [0.05, 0.1) is 26.4 Å². The van der Waals surface area contributed by atoms with Crippen molar-refractivity contribution in [1.29, 1.82) is 0 Å². The van der Waals surface area contributed by atoms with Crippen LogP contribution in [0, 0.1) is 0 Å². The van der Waals surface area contributed by atoms with Gasteiger partial charge in [-0.2, -0.15) is 0 Å². The lowest BCUT2D eigenvalue weighted by atomic mass is 10.0. The second-order valence-corrected chi connectivity index (χ2v) is 9.64. The van der Waals surface area contributed by atoms with E-state index in [2.05, 4.69) is 16.0 Å². The molecule has 0 saturated carbocycles. The van der Waals surface area contributed by atoms with E-state index in [-0.39, 0.29) is 6.42 Å². The lowest BCUT2D eigenvalue weighted by molar-refractivity contribution is -0.153. The average Bonchev–Trinajstić information content (AvgIpc) is 2.78. The Labute approximate surface area is 193 Å². The van der Waals surface area contributed by atoms with Gasteiger partial charge >= 0.3 is 13.8 Å². The van der Waals surface area contributed by atoms with Crippen molar-refractivity contribution in [3.05, 3.63) is 0 Å². The molecule has 0 radical (unpaired) electrons. The van der Waals surface area contributed by atoms with Crippen LogP contribution < -0.4 is 0 Å². The summed E-state index contributed by atoms with van der Waals surface area (Å²) in [5.74, 6) is -0.500. The van der Waals surface area contributed by atoms with E-state index in [0.717, 1.165) is 19.3 Å². The van der Waals surface area contributed by atoms with E-state index >= 15 is 0 Å². The quantitative estimate of drug-likeness (QED) is 0.0965. The molecule has 0 bridgehead atoms. The summed E-state index contributed by atoms with van der Waals surface area (Å²) in [6.45, 7) is -0.0774. The van der Waals surface area contributed by atoms with E-state index in [1.165, 1.54) is 57.8 Å². The monoisotopic (exact) mass is 484 g/mol. The van der Waals surface area contributed by atoms with Crippen molar-refractivity contribution >= 4 is 13.8 Å². The van der Waals surface area contributed by atoms with E-state index in [0.29, 0.717) is 6.42 Å². The van der Waals surface area contributed by atoms with Gasteiger partial charge in [0.15, 0.2) is 0 Å². The van der Waals surface area contributed by atoms with E-state index in [1.807, 2.05) is 0 Å². The number of hydrogen-bond donors (Lipinski definition) is 4. The maximum Gasteiger partial charge on any atom is 0.472 e. The molecular formula is C22H45O9P. The summed E-state index contributed by atoms with van der Waals surface area (Å²) in [4.78, 5) is 21.3. The molecule has 0 aromatic heterocycles. The number of aliphatic hydroxyl groups excluding tert-OH is 3. The molecule has 0 heterocycles. The summed E-state index contributed by atoms with van der Waals surface area (Å²) < 4.78 is 25.9. The van der Waals surface area contributed by atoms with Crippen LogP contribution in [0.3, 0.4) is 0 Å². The molecule has 0 aliphatic carbocycles. The highest BCUT2D eigenvalue weighted by atomic mass is 31.2. The van der Waals surface area contributed by atoms with E-state index in [4.69, 9.17) is 14.9 Å². The molecule has 10 heteroatoms. The Morgan fingerprint density at radius 2 is 1.25 bits per heavy atom. The first-order chi connectivity index (χ1) is 15.3. The Hall–Kier alpha value is -0.540. The molecule has 9 nitrogen and oxygen atoms in total. The fourth-order valence-corrected chi connectivity index (χ4v) is 3.89. The third kappa shape index (κ3) is 20.1. The smallest absolute Gasteiger partial charge is 0.457 e. The minimum atomic E-state index is -4.49. The molecule has 0 aliphatic heterocycles. The van der Waals surface area contributed by atoms with Gasteiger partial charge in [0.1, 0.15) is 12.2 Å². The van der Waals surface area contributed by atoms with Gasteiger partial charge in [-0.25, -0.2) is 4.57 Å². The van der Waals surface area contributed by atoms with Crippen molar-refractivity contribution in [2.75, 3.05) is 26.4 Å². The Morgan fingerprint density at radius 3 is 1.72 bits per heavy atom. The maximum atomic E-state index is 11.9. The highest BCUT2D eigenvalue weighted by Crippen LogP contribution is 2.43. The van der Waals surface area contributed by atoms with Crippen molar-refractivity contribution in [3.63, 3.8) is 0 Å². The first-order valence-corrected chi connectivity index (χ1v) is 13.5. The van der Waals surface area contributed by atoms with Crippen LogP contribution in [0.25, 0.3) is 0 Å². The molecule has 0 fully saturated rings. The Morgan fingerprint density at radius 1 is 0.781 bits per heavy atom. The van der Waals surface area contributed by atoms with Gasteiger partial charge in [-0.15, -0.1) is 0 Å². The van der Waals surface area contributed by atoms with E-state index < -0.39 is 52.4 Å². The van der Waals surface area contributed by atoms with Crippen molar-refractivity contribution in [1.82, 2.24) is 0 Å². The lowest BCUT2D eigenvalue weighted by Gasteiger charge is -2.18. The van der Waals surface area contributed by atoms with Gasteiger partial charge in [0.2, 0.25) is 0 Å². The molecule has 3 unspecified atom stereocenters. The minimum Gasteiger partial charge on any atom is -0.457 e. The minimum absolute atomic E-state index is 0.213. The first kappa shape index (κ1) is 31.5. The first-order valence-electron chi connectivity index (χ1n) is 12.1. The summed E-state index contributed by atoms with van der Waals surface area (Å²) in [5, 5.41) is 27.0. The maximum absolute atomic E-state index is 11.9. The van der Waals surface area contributed by atoms with Crippen LogP contribution in [0.1, 0.15) is 96.8 Å². The normalized spacial score (nSPS) is 15.3. The fraction of sp³-hybridized carbons (Fsp3) is 0.955. The lowest BCUT2D eigenvalue weighted by Crippen LogP contribution is -2.27. The topological polar surface area (TPSA) is 143 Å². The molecule has 3 atom stereocenters. The molecular weight excluding hydrogens is 439 g/mol. The van der Waals surface area contributed by atoms with Crippen LogP contribution in [0.5, 0.6) is 0 Å². The number of phosphoric acid groups is 1. The highest BCUT2D eigenvalue weighted by Gasteiger charge is 2.25. The molecule has 0 aliphatic rings. The highest BCUT2D eigenvalue weighted by molar-refractivity contribution is 7.47. The molecule has 0 aromatic rings. The summed E-state index contributed by atoms with van der Waals surface area (Å²) >= 11 is 0. The van der Waals surface area contributed by atoms with Crippen molar-refractivity contribution in [2.24, 2.45) is 0 Å². The van der Waals surface area contributed by atoms with Crippen LogP contribution in [0.15, 0.2) is 0 Å². The number of unbranched alkanes of at least 4 members (excludes halogenated alkanes) is 12. The van der Waals surface area contributed by atoms with Gasteiger partial charge in [0.25, 0.3) is 0 Å². The Bertz CT molecular complexity index is 490. The number of aliphatic hydroxyl groups is 3. The second-order valence-electron chi connectivity index (χ2n) is 8.18.